The summed E-state index contributed by atoms with van der Waals surface area (Å²) in [5.41, 5.74) is 0.921. The molecule has 0 aromatic heterocycles. The Morgan fingerprint density at radius 2 is 2.00 bits per heavy atom. The Balaban J connectivity index is 1.91. The number of ether oxygens (including phenoxy) is 2. The summed E-state index contributed by atoms with van der Waals surface area (Å²) in [5.74, 6) is -0.200. The van der Waals surface area contributed by atoms with E-state index in [1.165, 1.54) is 12.1 Å². The van der Waals surface area contributed by atoms with E-state index >= 15 is 0 Å². The molecule has 1 N–H and O–H groups in total. The van der Waals surface area contributed by atoms with Crippen molar-refractivity contribution in [1.29, 1.82) is 0 Å². The Kier molecular flexibility index (Phi) is 4.88. The van der Waals surface area contributed by atoms with Crippen LogP contribution in [0, 0.1) is 0 Å². The van der Waals surface area contributed by atoms with Gasteiger partial charge in [-0.3, -0.25) is 0 Å². The zero-order valence-corrected chi connectivity index (χ0v) is 11.2. The Labute approximate surface area is 116 Å². The second-order valence-electron chi connectivity index (χ2n) is 4.92. The molecule has 20 heavy (non-hydrogen) atoms. The lowest BCUT2D eigenvalue weighted by Gasteiger charge is -2.27. The Morgan fingerprint density at radius 1 is 1.30 bits per heavy atom. The maximum atomic E-state index is 12.1. The molecule has 0 amide bonds. The molecule has 1 aromatic carbocycles. The smallest absolute Gasteiger partial charge is 0.406 e. The summed E-state index contributed by atoms with van der Waals surface area (Å²) in [6, 6.07) is 6.30. The van der Waals surface area contributed by atoms with E-state index in [0.29, 0.717) is 12.6 Å². The molecule has 0 bridgehead atoms. The zero-order valence-electron chi connectivity index (χ0n) is 11.2. The van der Waals surface area contributed by atoms with Gasteiger partial charge in [-0.2, -0.15) is 0 Å². The molecule has 6 heteroatoms. The van der Waals surface area contributed by atoms with Crippen molar-refractivity contribution in [3.8, 4) is 5.75 Å². The summed E-state index contributed by atoms with van der Waals surface area (Å²) in [6.45, 7) is 3.46. The van der Waals surface area contributed by atoms with Crippen LogP contribution in [0.15, 0.2) is 24.3 Å². The summed E-state index contributed by atoms with van der Waals surface area (Å²) >= 11 is 0. The van der Waals surface area contributed by atoms with Gasteiger partial charge in [0.05, 0.1) is 6.61 Å². The average molecular weight is 289 g/mol. The van der Waals surface area contributed by atoms with Crippen molar-refractivity contribution in [3.63, 3.8) is 0 Å². The number of benzene rings is 1. The fraction of sp³-hybridized carbons (Fsp3) is 0.571. The molecule has 1 heterocycles. The molecular formula is C14H18F3NO2. The lowest BCUT2D eigenvalue weighted by atomic mass is 10.0. The van der Waals surface area contributed by atoms with Gasteiger partial charge in [0.1, 0.15) is 5.75 Å². The summed E-state index contributed by atoms with van der Waals surface area (Å²) in [6.07, 6.45) is -2.56. The highest BCUT2D eigenvalue weighted by molar-refractivity contribution is 5.29. The zero-order chi connectivity index (χ0) is 14.6. The maximum Gasteiger partial charge on any atom is 0.573 e. The molecule has 0 spiro atoms. The molecule has 1 aromatic rings. The van der Waals surface area contributed by atoms with Crippen LogP contribution in [0.25, 0.3) is 0 Å². The minimum Gasteiger partial charge on any atom is -0.406 e. The Bertz CT molecular complexity index is 413. The van der Waals surface area contributed by atoms with Gasteiger partial charge in [0.25, 0.3) is 0 Å². The summed E-state index contributed by atoms with van der Waals surface area (Å²) < 4.78 is 45.4. The van der Waals surface area contributed by atoms with Gasteiger partial charge in [-0.1, -0.05) is 12.1 Å². The van der Waals surface area contributed by atoms with Crippen LogP contribution in [0.5, 0.6) is 5.75 Å². The molecule has 0 radical (unpaired) electrons. The molecule has 2 atom stereocenters. The third-order valence-corrected chi connectivity index (χ3v) is 3.26. The van der Waals surface area contributed by atoms with E-state index in [2.05, 4.69) is 10.1 Å². The van der Waals surface area contributed by atoms with Gasteiger partial charge in [0.2, 0.25) is 0 Å². The molecule has 1 fully saturated rings. The monoisotopic (exact) mass is 289 g/mol. The normalized spacial score (nSPS) is 21.5. The van der Waals surface area contributed by atoms with Crippen LogP contribution in [0.1, 0.15) is 31.4 Å². The van der Waals surface area contributed by atoms with E-state index in [0.717, 1.165) is 25.0 Å². The minimum absolute atomic E-state index is 0.0571. The molecular weight excluding hydrogens is 271 g/mol. The summed E-state index contributed by atoms with van der Waals surface area (Å²) in [4.78, 5) is 0. The van der Waals surface area contributed by atoms with Gasteiger partial charge < -0.3 is 14.8 Å². The Hall–Kier alpha value is -1.27. The fourth-order valence-corrected chi connectivity index (χ4v) is 2.28. The highest BCUT2D eigenvalue weighted by Gasteiger charge is 2.31. The minimum atomic E-state index is -4.65. The maximum absolute atomic E-state index is 12.1. The predicted octanol–water partition coefficient (Wildman–Crippen LogP) is 3.41. The van der Waals surface area contributed by atoms with Crippen LogP contribution in [0.4, 0.5) is 13.2 Å². The van der Waals surface area contributed by atoms with Crippen LogP contribution in [-0.4, -0.2) is 25.6 Å². The highest BCUT2D eigenvalue weighted by atomic mass is 19.4. The van der Waals surface area contributed by atoms with E-state index < -0.39 is 6.36 Å². The number of alkyl halides is 3. The van der Waals surface area contributed by atoms with Crippen molar-refractivity contribution >= 4 is 0 Å². The van der Waals surface area contributed by atoms with E-state index in [1.807, 2.05) is 6.92 Å². The first-order chi connectivity index (χ1) is 9.44. The predicted molar refractivity (Wildman–Crippen MR) is 68.5 cm³/mol. The quantitative estimate of drug-likeness (QED) is 0.921. The van der Waals surface area contributed by atoms with Crippen LogP contribution in [-0.2, 0) is 4.74 Å². The van der Waals surface area contributed by atoms with E-state index in [9.17, 15) is 13.2 Å². The number of halogens is 3. The van der Waals surface area contributed by atoms with Crippen LogP contribution in [0.3, 0.4) is 0 Å². The van der Waals surface area contributed by atoms with Crippen LogP contribution >= 0.6 is 0 Å². The first-order valence-corrected chi connectivity index (χ1v) is 6.63. The molecule has 1 aliphatic heterocycles. The molecule has 1 aliphatic rings. The van der Waals surface area contributed by atoms with Crippen molar-refractivity contribution < 1.29 is 22.6 Å². The van der Waals surface area contributed by atoms with E-state index in [1.54, 1.807) is 12.1 Å². The first kappa shape index (κ1) is 15.1. The molecule has 2 unspecified atom stereocenters. The van der Waals surface area contributed by atoms with Gasteiger partial charge in [-0.15, -0.1) is 13.2 Å². The van der Waals surface area contributed by atoms with Gasteiger partial charge in [-0.05, 0) is 37.5 Å². The molecule has 1 saturated heterocycles. The van der Waals surface area contributed by atoms with Crippen LogP contribution < -0.4 is 10.1 Å². The molecule has 112 valence electrons. The van der Waals surface area contributed by atoms with Crippen molar-refractivity contribution in [2.45, 2.75) is 38.2 Å². The third kappa shape index (κ3) is 4.68. The lowest BCUT2D eigenvalue weighted by Crippen LogP contribution is -2.38. The second kappa shape index (κ2) is 6.45. The molecule has 0 aliphatic carbocycles. The summed E-state index contributed by atoms with van der Waals surface area (Å²) in [5, 5.41) is 3.41. The van der Waals surface area contributed by atoms with Crippen LogP contribution in [0.2, 0.25) is 0 Å². The second-order valence-corrected chi connectivity index (χ2v) is 4.92. The third-order valence-electron chi connectivity index (χ3n) is 3.26. The molecule has 0 saturated carbocycles. The van der Waals surface area contributed by atoms with Gasteiger partial charge >= 0.3 is 6.36 Å². The number of hydrogen-bond acceptors (Lipinski definition) is 3. The number of nitrogens with one attached hydrogen (secondary N) is 1. The standard InChI is InChI=1S/C14H18F3NO2/c1-10(18-12-3-2-8-19-9-12)11-4-6-13(7-5-11)20-14(15,16)17/h4-7,10,12,18H,2-3,8-9H2,1H3. The van der Waals surface area contributed by atoms with Gasteiger partial charge in [0, 0.05) is 18.7 Å². The van der Waals surface area contributed by atoms with Crippen molar-refractivity contribution in [1.82, 2.24) is 5.32 Å². The number of rotatable bonds is 4. The number of hydrogen-bond donors (Lipinski definition) is 1. The van der Waals surface area contributed by atoms with Gasteiger partial charge in [0.15, 0.2) is 0 Å². The topological polar surface area (TPSA) is 30.5 Å². The molecule has 2 rings (SSSR count). The Morgan fingerprint density at radius 3 is 2.55 bits per heavy atom. The van der Waals surface area contributed by atoms with E-state index in [-0.39, 0.29) is 11.8 Å². The SMILES string of the molecule is CC(NC1CCCOC1)c1ccc(OC(F)(F)F)cc1. The van der Waals surface area contributed by atoms with E-state index in [4.69, 9.17) is 4.74 Å². The van der Waals surface area contributed by atoms with Crippen molar-refractivity contribution in [3.05, 3.63) is 29.8 Å². The largest absolute Gasteiger partial charge is 0.573 e. The van der Waals surface area contributed by atoms with Crippen molar-refractivity contribution in [2.75, 3.05) is 13.2 Å². The highest BCUT2D eigenvalue weighted by Crippen LogP contribution is 2.24. The average Bonchev–Trinajstić information content (AvgIpc) is 2.39. The fourth-order valence-electron chi connectivity index (χ4n) is 2.28. The van der Waals surface area contributed by atoms with Crippen molar-refractivity contribution in [2.24, 2.45) is 0 Å². The van der Waals surface area contributed by atoms with Gasteiger partial charge in [-0.25, -0.2) is 0 Å². The lowest BCUT2D eigenvalue weighted by molar-refractivity contribution is -0.274. The first-order valence-electron chi connectivity index (χ1n) is 6.63. The molecule has 3 nitrogen and oxygen atoms in total. The summed E-state index contributed by atoms with van der Waals surface area (Å²) in [7, 11) is 0.